The SMILES string of the molecule is CC(C)S(=O)(=O)c1cccc(C(=O)N2CCCCC2c2n[nH]c(=O)[nH]2)c1. The summed E-state index contributed by atoms with van der Waals surface area (Å²) in [4.78, 5) is 28.8. The van der Waals surface area contributed by atoms with Crippen LogP contribution < -0.4 is 5.69 Å². The number of carbonyl (C=O) groups excluding carboxylic acids is 1. The van der Waals surface area contributed by atoms with Crippen molar-refractivity contribution < 1.29 is 13.2 Å². The maximum atomic E-state index is 13.0. The summed E-state index contributed by atoms with van der Waals surface area (Å²) in [5.41, 5.74) is -0.0977. The average molecular weight is 378 g/mol. The van der Waals surface area contributed by atoms with Gasteiger partial charge in [-0.1, -0.05) is 6.07 Å². The zero-order chi connectivity index (χ0) is 18.9. The van der Waals surface area contributed by atoms with Crippen LogP contribution in [-0.2, 0) is 9.84 Å². The number of hydrogen-bond donors (Lipinski definition) is 2. The van der Waals surface area contributed by atoms with E-state index in [1.165, 1.54) is 12.1 Å². The predicted octanol–water partition coefficient (Wildman–Crippen LogP) is 1.65. The van der Waals surface area contributed by atoms with E-state index in [4.69, 9.17) is 0 Å². The number of nitrogens with one attached hydrogen (secondary N) is 2. The molecular formula is C17H22N4O4S. The molecule has 2 N–H and O–H groups in total. The van der Waals surface area contributed by atoms with Crippen molar-refractivity contribution in [1.29, 1.82) is 0 Å². The van der Waals surface area contributed by atoms with Crippen LogP contribution in [0.15, 0.2) is 34.0 Å². The number of aromatic amines is 2. The lowest BCUT2D eigenvalue weighted by Crippen LogP contribution is -2.39. The van der Waals surface area contributed by atoms with Gasteiger partial charge in [0.25, 0.3) is 5.91 Å². The number of aromatic nitrogens is 3. The molecule has 1 atom stereocenters. The average Bonchev–Trinajstić information content (AvgIpc) is 3.07. The number of rotatable bonds is 4. The van der Waals surface area contributed by atoms with Gasteiger partial charge in [-0.15, -0.1) is 0 Å². The van der Waals surface area contributed by atoms with Gasteiger partial charge in [-0.2, -0.15) is 5.10 Å². The molecule has 0 bridgehead atoms. The van der Waals surface area contributed by atoms with E-state index in [1.54, 1.807) is 30.9 Å². The normalized spacial score (nSPS) is 18.3. The van der Waals surface area contributed by atoms with Crippen molar-refractivity contribution in [2.75, 3.05) is 6.54 Å². The summed E-state index contributed by atoms with van der Waals surface area (Å²) < 4.78 is 24.8. The number of likely N-dealkylation sites (tertiary alicyclic amines) is 1. The van der Waals surface area contributed by atoms with E-state index in [0.29, 0.717) is 24.4 Å². The second kappa shape index (κ2) is 7.06. The first kappa shape index (κ1) is 18.4. The molecule has 1 aliphatic heterocycles. The van der Waals surface area contributed by atoms with Crippen LogP contribution in [0.3, 0.4) is 0 Å². The number of benzene rings is 1. The van der Waals surface area contributed by atoms with E-state index in [1.807, 2.05) is 0 Å². The molecule has 0 saturated carbocycles. The van der Waals surface area contributed by atoms with Crippen molar-refractivity contribution >= 4 is 15.7 Å². The molecule has 1 saturated heterocycles. The van der Waals surface area contributed by atoms with Gasteiger partial charge in [-0.25, -0.2) is 18.3 Å². The lowest BCUT2D eigenvalue weighted by Gasteiger charge is -2.34. The highest BCUT2D eigenvalue weighted by molar-refractivity contribution is 7.92. The Kier molecular flexibility index (Phi) is 4.99. The zero-order valence-electron chi connectivity index (χ0n) is 14.7. The van der Waals surface area contributed by atoms with Crippen LogP contribution in [-0.4, -0.2) is 46.2 Å². The number of nitrogens with zero attached hydrogens (tertiary/aromatic N) is 2. The van der Waals surface area contributed by atoms with E-state index in [0.717, 1.165) is 12.8 Å². The molecule has 1 aromatic carbocycles. The fourth-order valence-electron chi connectivity index (χ4n) is 3.14. The molecule has 0 aliphatic carbocycles. The van der Waals surface area contributed by atoms with Gasteiger partial charge in [0.15, 0.2) is 15.7 Å². The first-order chi connectivity index (χ1) is 12.3. The third-order valence-corrected chi connectivity index (χ3v) is 6.78. The van der Waals surface area contributed by atoms with Crippen molar-refractivity contribution in [2.24, 2.45) is 0 Å². The quantitative estimate of drug-likeness (QED) is 0.839. The molecule has 2 aromatic rings. The number of carbonyl (C=O) groups is 1. The third kappa shape index (κ3) is 3.44. The second-order valence-electron chi connectivity index (χ2n) is 6.69. The van der Waals surface area contributed by atoms with Gasteiger partial charge in [0.2, 0.25) is 0 Å². The molecule has 2 heterocycles. The molecule has 0 radical (unpaired) electrons. The molecule has 9 heteroatoms. The Labute approximate surface area is 151 Å². The lowest BCUT2D eigenvalue weighted by atomic mass is 10.00. The maximum Gasteiger partial charge on any atom is 0.340 e. The summed E-state index contributed by atoms with van der Waals surface area (Å²) >= 11 is 0. The first-order valence-corrected chi connectivity index (χ1v) is 10.1. The van der Waals surface area contributed by atoms with E-state index >= 15 is 0 Å². The van der Waals surface area contributed by atoms with Crippen LogP contribution in [0.25, 0.3) is 0 Å². The zero-order valence-corrected chi connectivity index (χ0v) is 15.5. The Balaban J connectivity index is 1.94. The minimum absolute atomic E-state index is 0.139. The van der Waals surface area contributed by atoms with Crippen LogP contribution in [0, 0.1) is 0 Å². The summed E-state index contributed by atoms with van der Waals surface area (Å²) in [7, 11) is -3.46. The molecule has 1 unspecified atom stereocenters. The molecular weight excluding hydrogens is 356 g/mol. The summed E-state index contributed by atoms with van der Waals surface area (Å²) in [5.74, 6) is 0.161. The van der Waals surface area contributed by atoms with Gasteiger partial charge in [0.1, 0.15) is 0 Å². The number of amides is 1. The van der Waals surface area contributed by atoms with Crippen LogP contribution >= 0.6 is 0 Å². The molecule has 26 heavy (non-hydrogen) atoms. The van der Waals surface area contributed by atoms with Gasteiger partial charge in [-0.05, 0) is 51.3 Å². The standard InChI is InChI=1S/C17H22N4O4S/c1-11(2)26(24,25)13-7-5-6-12(10-13)16(22)21-9-4-3-8-14(21)15-18-17(23)20-19-15/h5-7,10-11,14H,3-4,8-9H2,1-2H3,(H2,18,19,20,23). The van der Waals surface area contributed by atoms with Crippen molar-refractivity contribution in [3.05, 3.63) is 46.1 Å². The molecule has 8 nitrogen and oxygen atoms in total. The van der Waals surface area contributed by atoms with Crippen molar-refractivity contribution in [3.63, 3.8) is 0 Å². The molecule has 140 valence electrons. The highest BCUT2D eigenvalue weighted by Crippen LogP contribution is 2.30. The van der Waals surface area contributed by atoms with Gasteiger partial charge >= 0.3 is 5.69 Å². The Hall–Kier alpha value is -2.42. The van der Waals surface area contributed by atoms with Crippen LogP contribution in [0.1, 0.15) is 55.3 Å². The van der Waals surface area contributed by atoms with Gasteiger partial charge in [-0.3, -0.25) is 9.78 Å². The molecule has 1 aliphatic rings. The largest absolute Gasteiger partial charge is 0.340 e. The molecule has 3 rings (SSSR count). The third-order valence-electron chi connectivity index (χ3n) is 4.63. The number of hydrogen-bond acceptors (Lipinski definition) is 5. The number of H-pyrrole nitrogens is 2. The Morgan fingerprint density at radius 1 is 1.31 bits per heavy atom. The highest BCUT2D eigenvalue weighted by Gasteiger charge is 2.31. The molecule has 1 fully saturated rings. The summed E-state index contributed by atoms with van der Waals surface area (Å²) in [5, 5.41) is 5.73. The highest BCUT2D eigenvalue weighted by atomic mass is 32.2. The number of piperidine rings is 1. The number of sulfone groups is 1. The lowest BCUT2D eigenvalue weighted by molar-refractivity contribution is 0.0600. The fraction of sp³-hybridized carbons (Fsp3) is 0.471. The minimum Gasteiger partial charge on any atom is -0.328 e. The minimum atomic E-state index is -3.46. The van der Waals surface area contributed by atoms with Gasteiger partial charge in [0.05, 0.1) is 16.2 Å². The monoisotopic (exact) mass is 378 g/mol. The fourth-order valence-corrected chi connectivity index (χ4v) is 4.25. The van der Waals surface area contributed by atoms with E-state index in [-0.39, 0.29) is 16.8 Å². The first-order valence-electron chi connectivity index (χ1n) is 8.60. The summed E-state index contributed by atoms with van der Waals surface area (Å²) in [6.07, 6.45) is 2.46. The van der Waals surface area contributed by atoms with E-state index in [9.17, 15) is 18.0 Å². The van der Waals surface area contributed by atoms with E-state index < -0.39 is 20.8 Å². The van der Waals surface area contributed by atoms with Crippen LogP contribution in [0.2, 0.25) is 0 Å². The molecule has 1 aromatic heterocycles. The summed E-state index contributed by atoms with van der Waals surface area (Å²) in [6.45, 7) is 3.75. The Morgan fingerprint density at radius 3 is 2.73 bits per heavy atom. The van der Waals surface area contributed by atoms with Crippen LogP contribution in [0.4, 0.5) is 0 Å². The second-order valence-corrected chi connectivity index (χ2v) is 9.20. The molecule has 0 spiro atoms. The van der Waals surface area contributed by atoms with E-state index in [2.05, 4.69) is 15.2 Å². The molecule has 1 amide bonds. The Morgan fingerprint density at radius 2 is 2.08 bits per heavy atom. The smallest absolute Gasteiger partial charge is 0.328 e. The van der Waals surface area contributed by atoms with Crippen molar-refractivity contribution in [3.8, 4) is 0 Å². The van der Waals surface area contributed by atoms with Gasteiger partial charge < -0.3 is 4.90 Å². The van der Waals surface area contributed by atoms with Crippen LogP contribution in [0.5, 0.6) is 0 Å². The van der Waals surface area contributed by atoms with Gasteiger partial charge in [0, 0.05) is 12.1 Å². The summed E-state index contributed by atoms with van der Waals surface area (Å²) in [6, 6.07) is 5.79. The predicted molar refractivity (Wildman–Crippen MR) is 95.6 cm³/mol. The maximum absolute atomic E-state index is 13.0. The van der Waals surface area contributed by atoms with Crippen molar-refractivity contribution in [2.45, 2.75) is 49.3 Å². The topological polar surface area (TPSA) is 116 Å². The van der Waals surface area contributed by atoms with Crippen molar-refractivity contribution in [1.82, 2.24) is 20.1 Å². The Bertz CT molecular complexity index is 961.